The molecule has 0 aromatic carbocycles. The van der Waals surface area contributed by atoms with Crippen molar-refractivity contribution >= 4 is 17.7 Å². The van der Waals surface area contributed by atoms with E-state index >= 15 is 0 Å². The molecule has 0 radical (unpaired) electrons. The second-order valence-electron chi connectivity index (χ2n) is 4.37. The molecule has 0 aliphatic carbocycles. The van der Waals surface area contributed by atoms with E-state index in [0.29, 0.717) is 28.7 Å². The number of hydrogen-bond donors (Lipinski definition) is 1. The van der Waals surface area contributed by atoms with Gasteiger partial charge in [-0.2, -0.15) is 0 Å². The minimum absolute atomic E-state index is 0.176. The highest BCUT2D eigenvalue weighted by Gasteiger charge is 2.18. The highest BCUT2D eigenvalue weighted by molar-refractivity contribution is 7.98. The van der Waals surface area contributed by atoms with E-state index in [1.165, 1.54) is 11.8 Å². The van der Waals surface area contributed by atoms with Crippen LogP contribution in [0, 0.1) is 13.8 Å². The van der Waals surface area contributed by atoms with Gasteiger partial charge in [-0.05, 0) is 26.0 Å². The number of aromatic nitrogens is 2. The monoisotopic (exact) mass is 292 g/mol. The second-order valence-corrected chi connectivity index (χ2v) is 5.33. The Balaban J connectivity index is 2.28. The first-order valence-corrected chi connectivity index (χ1v) is 7.28. The van der Waals surface area contributed by atoms with E-state index in [1.807, 2.05) is 26.0 Å². The van der Waals surface area contributed by atoms with Crippen molar-refractivity contribution in [2.45, 2.75) is 38.0 Å². The average Bonchev–Trinajstić information content (AvgIpc) is 2.81. The van der Waals surface area contributed by atoms with Gasteiger partial charge in [0.1, 0.15) is 27.9 Å². The summed E-state index contributed by atoms with van der Waals surface area (Å²) in [7, 11) is 0. The fraction of sp³-hybridized carbons (Fsp3) is 0.357. The van der Waals surface area contributed by atoms with Crippen LogP contribution in [0.5, 0.6) is 0 Å². The Morgan fingerprint density at radius 2 is 2.10 bits per heavy atom. The van der Waals surface area contributed by atoms with Crippen molar-refractivity contribution in [2.24, 2.45) is 0 Å². The van der Waals surface area contributed by atoms with Crippen molar-refractivity contribution in [1.82, 2.24) is 9.97 Å². The summed E-state index contributed by atoms with van der Waals surface area (Å²) in [5.74, 6) is 1.85. The molecule has 6 heteroatoms. The SMILES string of the molecule is CCc1nc(C)c(C(=O)O)c(SCc2ccc(C)o2)n1. The van der Waals surface area contributed by atoms with E-state index in [1.54, 1.807) is 6.92 Å². The number of carboxylic acids is 1. The van der Waals surface area contributed by atoms with Crippen molar-refractivity contribution in [3.05, 3.63) is 40.7 Å². The molecule has 0 aliphatic rings. The highest BCUT2D eigenvalue weighted by Crippen LogP contribution is 2.27. The third-order valence-corrected chi connectivity index (χ3v) is 3.78. The molecule has 0 saturated carbocycles. The number of hydrogen-bond acceptors (Lipinski definition) is 5. The van der Waals surface area contributed by atoms with E-state index in [2.05, 4.69) is 9.97 Å². The quantitative estimate of drug-likeness (QED) is 0.673. The van der Waals surface area contributed by atoms with E-state index in [-0.39, 0.29) is 5.56 Å². The lowest BCUT2D eigenvalue weighted by molar-refractivity contribution is 0.0690. The smallest absolute Gasteiger partial charge is 0.340 e. The topological polar surface area (TPSA) is 76.2 Å². The number of nitrogens with zero attached hydrogens (tertiary/aromatic N) is 2. The molecule has 2 aromatic heterocycles. The van der Waals surface area contributed by atoms with Crippen molar-refractivity contribution in [3.63, 3.8) is 0 Å². The minimum atomic E-state index is -0.997. The summed E-state index contributed by atoms with van der Waals surface area (Å²) >= 11 is 1.36. The lowest BCUT2D eigenvalue weighted by Crippen LogP contribution is -2.09. The third-order valence-electron chi connectivity index (χ3n) is 2.78. The molecule has 0 bridgehead atoms. The van der Waals surface area contributed by atoms with Crippen LogP contribution in [0.15, 0.2) is 21.6 Å². The number of aryl methyl sites for hydroxylation is 3. The lowest BCUT2D eigenvalue weighted by Gasteiger charge is -2.08. The number of rotatable bonds is 5. The van der Waals surface area contributed by atoms with Gasteiger partial charge in [0.15, 0.2) is 0 Å². The molecule has 0 aliphatic heterocycles. The van der Waals surface area contributed by atoms with E-state index in [0.717, 1.165) is 11.5 Å². The second kappa shape index (κ2) is 6.09. The molecule has 1 N–H and O–H groups in total. The zero-order valence-corrected chi connectivity index (χ0v) is 12.5. The number of aromatic carboxylic acids is 1. The van der Waals surface area contributed by atoms with Crippen LogP contribution in [-0.4, -0.2) is 21.0 Å². The van der Waals surface area contributed by atoms with Crippen LogP contribution in [0.2, 0.25) is 0 Å². The summed E-state index contributed by atoms with van der Waals surface area (Å²) in [6.45, 7) is 5.52. The van der Waals surface area contributed by atoms with E-state index in [9.17, 15) is 9.90 Å². The van der Waals surface area contributed by atoms with Crippen molar-refractivity contribution in [3.8, 4) is 0 Å². The molecule has 20 heavy (non-hydrogen) atoms. The van der Waals surface area contributed by atoms with Crippen molar-refractivity contribution in [2.75, 3.05) is 0 Å². The Morgan fingerprint density at radius 1 is 1.35 bits per heavy atom. The maximum Gasteiger partial charge on any atom is 0.340 e. The zero-order chi connectivity index (χ0) is 14.7. The Kier molecular flexibility index (Phi) is 4.44. The molecular weight excluding hydrogens is 276 g/mol. The molecule has 106 valence electrons. The normalized spacial score (nSPS) is 10.8. The van der Waals surface area contributed by atoms with Crippen LogP contribution >= 0.6 is 11.8 Å². The van der Waals surface area contributed by atoms with Crippen LogP contribution in [0.4, 0.5) is 0 Å². The van der Waals surface area contributed by atoms with Gasteiger partial charge in [0.05, 0.1) is 11.4 Å². The predicted octanol–water partition coefficient (Wildman–Crippen LogP) is 3.24. The van der Waals surface area contributed by atoms with Crippen molar-refractivity contribution < 1.29 is 14.3 Å². The van der Waals surface area contributed by atoms with Gasteiger partial charge in [-0.15, -0.1) is 0 Å². The number of carbonyl (C=O) groups is 1. The molecular formula is C14H16N2O3S. The van der Waals surface area contributed by atoms with Gasteiger partial charge < -0.3 is 9.52 Å². The first kappa shape index (κ1) is 14.6. The standard InChI is InChI=1S/C14H16N2O3S/c1-4-11-15-9(3)12(14(17)18)13(16-11)20-7-10-6-5-8(2)19-10/h5-6H,4,7H2,1-3H3,(H,17,18). The molecule has 2 aromatic rings. The van der Waals surface area contributed by atoms with Crippen LogP contribution in [0.1, 0.15) is 40.3 Å². The molecule has 0 spiro atoms. The van der Waals surface area contributed by atoms with Gasteiger partial charge in [-0.3, -0.25) is 0 Å². The number of furan rings is 1. The Morgan fingerprint density at radius 3 is 2.65 bits per heavy atom. The van der Waals surface area contributed by atoms with Crippen LogP contribution in [0.3, 0.4) is 0 Å². The van der Waals surface area contributed by atoms with Gasteiger partial charge >= 0.3 is 5.97 Å². The minimum Gasteiger partial charge on any atom is -0.478 e. The summed E-state index contributed by atoms with van der Waals surface area (Å²) in [4.78, 5) is 19.9. The van der Waals surface area contributed by atoms with E-state index in [4.69, 9.17) is 4.42 Å². The summed E-state index contributed by atoms with van der Waals surface area (Å²) < 4.78 is 5.48. The fourth-order valence-electron chi connectivity index (χ4n) is 1.81. The molecule has 2 rings (SSSR count). The summed E-state index contributed by atoms with van der Waals surface area (Å²) in [6.07, 6.45) is 0.675. The Bertz CT molecular complexity index is 637. The molecule has 0 amide bonds. The molecule has 0 atom stereocenters. The summed E-state index contributed by atoms with van der Waals surface area (Å²) in [5.41, 5.74) is 0.679. The molecule has 2 heterocycles. The van der Waals surface area contributed by atoms with Gasteiger partial charge in [-0.1, -0.05) is 18.7 Å². The predicted molar refractivity (Wildman–Crippen MR) is 76.1 cm³/mol. The maximum atomic E-state index is 11.3. The average molecular weight is 292 g/mol. The van der Waals surface area contributed by atoms with Gasteiger partial charge in [0.25, 0.3) is 0 Å². The summed E-state index contributed by atoms with van der Waals surface area (Å²) in [6, 6.07) is 3.77. The van der Waals surface area contributed by atoms with Gasteiger partial charge in [0.2, 0.25) is 0 Å². The molecule has 0 fully saturated rings. The molecule has 0 unspecified atom stereocenters. The van der Waals surface area contributed by atoms with Gasteiger partial charge in [-0.25, -0.2) is 14.8 Å². The Hall–Kier alpha value is -1.82. The Labute approximate surface area is 121 Å². The fourth-order valence-corrected chi connectivity index (χ4v) is 2.80. The van der Waals surface area contributed by atoms with Crippen molar-refractivity contribution in [1.29, 1.82) is 0 Å². The van der Waals surface area contributed by atoms with Crippen LogP contribution in [-0.2, 0) is 12.2 Å². The molecule has 5 nitrogen and oxygen atoms in total. The van der Waals surface area contributed by atoms with Crippen LogP contribution in [0.25, 0.3) is 0 Å². The molecule has 0 saturated heterocycles. The summed E-state index contributed by atoms with van der Waals surface area (Å²) in [5, 5.41) is 9.79. The largest absolute Gasteiger partial charge is 0.478 e. The lowest BCUT2D eigenvalue weighted by atomic mass is 10.2. The number of thioether (sulfide) groups is 1. The first-order chi connectivity index (χ1) is 9.51. The maximum absolute atomic E-state index is 11.3. The van der Waals surface area contributed by atoms with Crippen LogP contribution < -0.4 is 0 Å². The zero-order valence-electron chi connectivity index (χ0n) is 11.6. The highest BCUT2D eigenvalue weighted by atomic mass is 32.2. The number of carboxylic acid groups (broad SMARTS) is 1. The third kappa shape index (κ3) is 3.19. The van der Waals surface area contributed by atoms with Gasteiger partial charge in [0, 0.05) is 6.42 Å². The first-order valence-electron chi connectivity index (χ1n) is 6.30. The van der Waals surface area contributed by atoms with E-state index < -0.39 is 5.97 Å².